The van der Waals surface area contributed by atoms with E-state index in [1.54, 1.807) is 44.1 Å². The largest absolute Gasteiger partial charge is 0.503 e. The third-order valence-corrected chi connectivity index (χ3v) is 5.76. The van der Waals surface area contributed by atoms with Crippen LogP contribution in [0.15, 0.2) is 41.8 Å². The summed E-state index contributed by atoms with van der Waals surface area (Å²) in [6, 6.07) is 4.50. The summed E-state index contributed by atoms with van der Waals surface area (Å²) in [5.74, 6) is -0.980. The normalized spacial score (nSPS) is 15.4. The topological polar surface area (TPSA) is 102 Å². The maximum absolute atomic E-state index is 12.8. The molecule has 1 aromatic carbocycles. The van der Waals surface area contributed by atoms with Gasteiger partial charge < -0.3 is 20.1 Å². The number of carbonyl (C=O) groups is 3. The second kappa shape index (κ2) is 18.0. The fraction of sp³-hybridized carbons (Fsp3) is 0.519. The Bertz CT molecular complexity index is 971. The number of nitrogens with one attached hydrogen (secondary N) is 1. The van der Waals surface area contributed by atoms with Crippen LogP contribution in [-0.2, 0) is 25.7 Å². The number of hydrogen-bond donors (Lipinski definition) is 2. The maximum Gasteiger partial charge on any atom is 0.276 e. The SMILES string of the molecule is C=C(C)C(=O)NCc1ccc(F)cc1C.CF.COCCC[C@H](C)CN1CN(C)N(C)/C(=C(/O)C=O)C1=O. The van der Waals surface area contributed by atoms with Crippen LogP contribution in [0.4, 0.5) is 8.78 Å². The Morgan fingerprint density at radius 3 is 2.47 bits per heavy atom. The molecule has 0 spiro atoms. The number of halogens is 2. The van der Waals surface area contributed by atoms with Crippen LogP contribution in [0.2, 0.25) is 0 Å². The number of aldehydes is 1. The lowest BCUT2D eigenvalue weighted by Gasteiger charge is -2.42. The molecule has 0 bridgehead atoms. The highest BCUT2D eigenvalue weighted by atomic mass is 19.1. The number of carbonyl (C=O) groups excluding carboxylic acids is 3. The molecule has 214 valence electrons. The minimum atomic E-state index is -0.536. The van der Waals surface area contributed by atoms with Gasteiger partial charge in [-0.1, -0.05) is 19.6 Å². The standard InChI is InChI=1S/C14H25N3O4.C12H14FNO.CH3F/c1-11(6-5-7-21-4)8-17-10-15(2)16(3)13(14(17)20)12(19)9-18;1-8(2)12(15)14-7-10-4-5-11(13)6-9(10)3;1-2/h9,11,19H,5-8,10H2,1-4H3;4-6H,1,7H2,2-3H3,(H,14,15);1H3/b13-12+;;/t11-;;/m0../s1. The van der Waals surface area contributed by atoms with Crippen LogP contribution in [0, 0.1) is 18.7 Å². The highest BCUT2D eigenvalue weighted by molar-refractivity contribution is 5.97. The third kappa shape index (κ3) is 11.4. The number of nitrogens with zero attached hydrogens (tertiary/aromatic N) is 3. The third-order valence-electron chi connectivity index (χ3n) is 5.76. The number of amides is 2. The highest BCUT2D eigenvalue weighted by Crippen LogP contribution is 2.20. The lowest BCUT2D eigenvalue weighted by atomic mass is 10.0. The fourth-order valence-electron chi connectivity index (χ4n) is 3.56. The van der Waals surface area contributed by atoms with E-state index in [0.717, 1.165) is 24.0 Å². The molecule has 9 nitrogen and oxygen atoms in total. The van der Waals surface area contributed by atoms with Crippen molar-refractivity contribution in [1.82, 2.24) is 20.2 Å². The van der Waals surface area contributed by atoms with E-state index in [1.807, 2.05) is 6.92 Å². The van der Waals surface area contributed by atoms with E-state index in [2.05, 4.69) is 18.8 Å². The van der Waals surface area contributed by atoms with Gasteiger partial charge in [0.05, 0.1) is 13.8 Å². The Hall–Kier alpha value is -3.31. The summed E-state index contributed by atoms with van der Waals surface area (Å²) in [6.07, 6.45) is 2.19. The van der Waals surface area contributed by atoms with E-state index in [4.69, 9.17) is 4.74 Å². The lowest BCUT2D eigenvalue weighted by Crippen LogP contribution is -2.56. The van der Waals surface area contributed by atoms with E-state index in [0.29, 0.717) is 51.3 Å². The van der Waals surface area contributed by atoms with Crippen molar-refractivity contribution in [2.24, 2.45) is 5.92 Å². The molecule has 0 aliphatic carbocycles. The Morgan fingerprint density at radius 1 is 1.32 bits per heavy atom. The van der Waals surface area contributed by atoms with Gasteiger partial charge in [0.2, 0.25) is 5.91 Å². The summed E-state index contributed by atoms with van der Waals surface area (Å²) in [7, 11) is 5.61. The van der Waals surface area contributed by atoms with Gasteiger partial charge in [-0.15, -0.1) is 0 Å². The summed E-state index contributed by atoms with van der Waals surface area (Å²) < 4.78 is 27.3. The van der Waals surface area contributed by atoms with Crippen molar-refractivity contribution < 1.29 is 33.0 Å². The van der Waals surface area contributed by atoms with Gasteiger partial charge in [0.1, 0.15) is 5.82 Å². The van der Waals surface area contributed by atoms with Gasteiger partial charge in [-0.05, 0) is 55.9 Å². The number of alkyl halides is 1. The Morgan fingerprint density at radius 2 is 1.95 bits per heavy atom. The number of ether oxygens (including phenoxy) is 1. The van der Waals surface area contributed by atoms with Gasteiger partial charge in [0.25, 0.3) is 5.91 Å². The second-order valence-corrected chi connectivity index (χ2v) is 8.98. The molecule has 38 heavy (non-hydrogen) atoms. The summed E-state index contributed by atoms with van der Waals surface area (Å²) in [5.41, 5.74) is 2.22. The highest BCUT2D eigenvalue weighted by Gasteiger charge is 2.33. The van der Waals surface area contributed by atoms with E-state index in [9.17, 15) is 28.3 Å². The zero-order chi connectivity index (χ0) is 29.4. The number of likely N-dealkylation sites (N-methyl/N-ethyl adjacent to an activating group) is 1. The summed E-state index contributed by atoms with van der Waals surface area (Å²) >= 11 is 0. The molecule has 1 fully saturated rings. The summed E-state index contributed by atoms with van der Waals surface area (Å²) in [6.45, 7) is 11.2. The van der Waals surface area contributed by atoms with Crippen LogP contribution in [0.5, 0.6) is 0 Å². The molecule has 2 rings (SSSR count). The predicted molar refractivity (Wildman–Crippen MR) is 143 cm³/mol. The second-order valence-electron chi connectivity index (χ2n) is 8.98. The van der Waals surface area contributed by atoms with Crippen molar-refractivity contribution in [1.29, 1.82) is 0 Å². The van der Waals surface area contributed by atoms with Crippen LogP contribution in [-0.4, -0.2) is 86.3 Å². The first-order valence-corrected chi connectivity index (χ1v) is 12.1. The summed E-state index contributed by atoms with van der Waals surface area (Å²) in [5, 5.41) is 15.6. The first kappa shape index (κ1) is 34.7. The molecule has 1 aromatic rings. The van der Waals surface area contributed by atoms with Crippen molar-refractivity contribution in [3.8, 4) is 0 Å². The molecular formula is C27H42F2N4O5. The molecule has 1 heterocycles. The average molecular weight is 541 g/mol. The molecule has 1 aliphatic heterocycles. The van der Waals surface area contributed by atoms with Gasteiger partial charge in [0, 0.05) is 46.5 Å². The number of aliphatic hydroxyl groups excluding tert-OH is 1. The van der Waals surface area contributed by atoms with Crippen molar-refractivity contribution in [3.05, 3.63) is 58.8 Å². The van der Waals surface area contributed by atoms with Crippen molar-refractivity contribution >= 4 is 18.1 Å². The van der Waals surface area contributed by atoms with E-state index >= 15 is 0 Å². The number of benzene rings is 1. The molecule has 0 radical (unpaired) electrons. The molecular weight excluding hydrogens is 498 g/mol. The average Bonchev–Trinajstić information content (AvgIpc) is 2.88. The van der Waals surface area contributed by atoms with Crippen molar-refractivity contribution in [2.45, 2.75) is 40.2 Å². The Balaban J connectivity index is 0.000000709. The maximum atomic E-state index is 12.8. The number of aryl methyl sites for hydroxylation is 1. The first-order chi connectivity index (χ1) is 17.9. The van der Waals surface area contributed by atoms with Crippen LogP contribution in [0.25, 0.3) is 0 Å². The van der Waals surface area contributed by atoms with Crippen LogP contribution in [0.3, 0.4) is 0 Å². The zero-order valence-corrected chi connectivity index (χ0v) is 23.5. The number of allylic oxidation sites excluding steroid dienone is 1. The molecule has 1 atom stereocenters. The van der Waals surface area contributed by atoms with Gasteiger partial charge in [-0.25, -0.2) is 9.40 Å². The Kier molecular flexibility index (Phi) is 16.5. The van der Waals surface area contributed by atoms with Gasteiger partial charge in [-0.3, -0.25) is 23.8 Å². The minimum absolute atomic E-state index is 0.0165. The van der Waals surface area contributed by atoms with Gasteiger partial charge in [0.15, 0.2) is 17.7 Å². The molecule has 11 heteroatoms. The Labute approximate surface area is 224 Å². The van der Waals surface area contributed by atoms with Gasteiger partial charge >= 0.3 is 0 Å². The number of hydrazine groups is 1. The summed E-state index contributed by atoms with van der Waals surface area (Å²) in [4.78, 5) is 36.0. The molecule has 0 unspecified atom stereocenters. The smallest absolute Gasteiger partial charge is 0.276 e. The number of hydrogen-bond acceptors (Lipinski definition) is 7. The fourth-order valence-corrected chi connectivity index (χ4v) is 3.56. The molecule has 1 saturated heterocycles. The predicted octanol–water partition coefficient (Wildman–Crippen LogP) is 3.51. The van der Waals surface area contributed by atoms with Crippen molar-refractivity contribution in [3.63, 3.8) is 0 Å². The van der Waals surface area contributed by atoms with Crippen molar-refractivity contribution in [2.75, 3.05) is 48.2 Å². The van der Waals surface area contributed by atoms with Crippen LogP contribution in [0.1, 0.15) is 37.8 Å². The minimum Gasteiger partial charge on any atom is -0.503 e. The van der Waals surface area contributed by atoms with E-state index in [1.165, 1.54) is 17.1 Å². The molecule has 2 N–H and O–H groups in total. The number of methoxy groups -OCH3 is 1. The lowest BCUT2D eigenvalue weighted by molar-refractivity contribution is -0.146. The quantitative estimate of drug-likeness (QED) is 0.203. The first-order valence-electron chi connectivity index (χ1n) is 12.1. The van der Waals surface area contributed by atoms with Gasteiger partial charge in [-0.2, -0.15) is 0 Å². The number of aliphatic hydroxyl groups is 1. The van der Waals surface area contributed by atoms with Crippen LogP contribution >= 0.6 is 0 Å². The molecule has 2 amide bonds. The van der Waals surface area contributed by atoms with E-state index in [-0.39, 0.29) is 23.3 Å². The molecule has 0 saturated carbocycles. The van der Waals surface area contributed by atoms with E-state index < -0.39 is 5.76 Å². The number of rotatable bonds is 10. The molecule has 0 aromatic heterocycles. The zero-order valence-electron chi connectivity index (χ0n) is 23.5. The van der Waals surface area contributed by atoms with Crippen LogP contribution < -0.4 is 5.32 Å². The molecule has 1 aliphatic rings. The monoisotopic (exact) mass is 540 g/mol.